The summed E-state index contributed by atoms with van der Waals surface area (Å²) in [5.74, 6) is 0.573. The van der Waals surface area contributed by atoms with Crippen LogP contribution in [0.4, 0.5) is 0 Å². The van der Waals surface area contributed by atoms with Crippen molar-refractivity contribution in [1.82, 2.24) is 10.3 Å². The van der Waals surface area contributed by atoms with Gasteiger partial charge in [-0.25, -0.2) is 4.98 Å². The molecule has 0 bridgehead atoms. The third-order valence-corrected chi connectivity index (χ3v) is 5.86. The minimum absolute atomic E-state index is 0.0394. The molecule has 3 N–H and O–H groups in total. The van der Waals surface area contributed by atoms with Crippen LogP contribution in [0, 0.1) is 5.92 Å². The van der Waals surface area contributed by atoms with Gasteiger partial charge in [-0.05, 0) is 24.3 Å². The van der Waals surface area contributed by atoms with Crippen molar-refractivity contribution in [2.24, 2.45) is 11.7 Å². The normalized spacial score (nSPS) is 16.5. The Kier molecular flexibility index (Phi) is 6.59. The zero-order chi connectivity index (χ0) is 17.5. The number of nitrogens with two attached hydrogens (primary N) is 1. The third kappa shape index (κ3) is 5.38. The summed E-state index contributed by atoms with van der Waals surface area (Å²) in [4.78, 5) is 17.0. The number of carbonyl (C=O) groups excluding carboxylic acids is 1. The quantitative estimate of drug-likeness (QED) is 0.799. The van der Waals surface area contributed by atoms with Crippen molar-refractivity contribution in [3.63, 3.8) is 0 Å². The second kappa shape index (κ2) is 9.11. The zero-order valence-electron chi connectivity index (χ0n) is 14.6. The molecule has 25 heavy (non-hydrogen) atoms. The van der Waals surface area contributed by atoms with Crippen LogP contribution in [0.1, 0.15) is 48.4 Å². The number of hydrogen-bond donors (Lipinski definition) is 2. The Balaban J connectivity index is 1.52. The first-order chi connectivity index (χ1) is 12.2. The van der Waals surface area contributed by atoms with Gasteiger partial charge in [-0.2, -0.15) is 0 Å². The van der Waals surface area contributed by atoms with Crippen LogP contribution < -0.4 is 11.1 Å². The van der Waals surface area contributed by atoms with Crippen LogP contribution >= 0.6 is 11.3 Å². The molecule has 1 aliphatic rings. The summed E-state index contributed by atoms with van der Waals surface area (Å²) in [5, 5.41) is 6.19. The molecule has 1 aromatic heterocycles. The van der Waals surface area contributed by atoms with E-state index in [2.05, 4.69) is 22.4 Å². The van der Waals surface area contributed by atoms with E-state index in [0.717, 1.165) is 17.1 Å². The average molecular weight is 358 g/mol. The summed E-state index contributed by atoms with van der Waals surface area (Å²) < 4.78 is 0. The van der Waals surface area contributed by atoms with E-state index in [9.17, 15) is 4.79 Å². The molecule has 1 saturated carbocycles. The lowest BCUT2D eigenvalue weighted by Crippen LogP contribution is -2.46. The lowest BCUT2D eigenvalue weighted by Gasteiger charge is -2.30. The molecule has 1 aliphatic carbocycles. The summed E-state index contributed by atoms with van der Waals surface area (Å²) in [5.41, 5.74) is 8.01. The highest BCUT2D eigenvalue weighted by molar-refractivity contribution is 7.09. The minimum atomic E-state index is 0.0394. The molecule has 1 amide bonds. The van der Waals surface area contributed by atoms with Crippen molar-refractivity contribution in [3.8, 4) is 0 Å². The molecule has 1 atom stereocenters. The molecule has 3 rings (SSSR count). The molecule has 2 aromatic rings. The highest BCUT2D eigenvalue weighted by Crippen LogP contribution is 2.26. The topological polar surface area (TPSA) is 68.0 Å². The molecule has 1 aromatic carbocycles. The van der Waals surface area contributed by atoms with Crippen molar-refractivity contribution < 1.29 is 4.79 Å². The van der Waals surface area contributed by atoms with Gasteiger partial charge >= 0.3 is 0 Å². The summed E-state index contributed by atoms with van der Waals surface area (Å²) in [6.45, 7) is 0.521. The largest absolute Gasteiger partial charge is 0.351 e. The van der Waals surface area contributed by atoms with Crippen LogP contribution in [0.3, 0.4) is 0 Å². The van der Waals surface area contributed by atoms with Gasteiger partial charge in [0, 0.05) is 24.4 Å². The number of carbonyl (C=O) groups is 1. The van der Waals surface area contributed by atoms with Crippen LogP contribution in [-0.2, 0) is 17.6 Å². The lowest BCUT2D eigenvalue weighted by atomic mass is 9.84. The number of thiazole rings is 1. The number of rotatable bonds is 7. The molecular formula is C20H27N3OS. The number of nitrogens with one attached hydrogen (secondary N) is 1. The average Bonchev–Trinajstić information content (AvgIpc) is 3.08. The van der Waals surface area contributed by atoms with Gasteiger partial charge in [-0.15, -0.1) is 11.3 Å². The van der Waals surface area contributed by atoms with Crippen LogP contribution in [0.15, 0.2) is 35.7 Å². The predicted molar refractivity (Wildman–Crippen MR) is 103 cm³/mol. The maximum absolute atomic E-state index is 12.4. The van der Waals surface area contributed by atoms with E-state index < -0.39 is 0 Å². The minimum Gasteiger partial charge on any atom is -0.351 e. The number of hydrogen-bond acceptors (Lipinski definition) is 4. The first-order valence-corrected chi connectivity index (χ1v) is 10.1. The molecule has 1 fully saturated rings. The molecule has 0 radical (unpaired) electrons. The Morgan fingerprint density at radius 1 is 1.24 bits per heavy atom. The van der Waals surface area contributed by atoms with Gasteiger partial charge < -0.3 is 11.1 Å². The van der Waals surface area contributed by atoms with Crippen molar-refractivity contribution >= 4 is 17.2 Å². The van der Waals surface area contributed by atoms with Crippen LogP contribution in [-0.4, -0.2) is 23.5 Å². The van der Waals surface area contributed by atoms with Crippen molar-refractivity contribution in [2.75, 3.05) is 6.54 Å². The van der Waals surface area contributed by atoms with E-state index in [1.807, 2.05) is 23.6 Å². The van der Waals surface area contributed by atoms with Gasteiger partial charge in [0.1, 0.15) is 0 Å². The molecule has 1 heterocycles. The van der Waals surface area contributed by atoms with Crippen LogP contribution in [0.25, 0.3) is 0 Å². The second-order valence-electron chi connectivity index (χ2n) is 6.88. The van der Waals surface area contributed by atoms with E-state index in [4.69, 9.17) is 5.73 Å². The second-order valence-corrected chi connectivity index (χ2v) is 7.82. The van der Waals surface area contributed by atoms with Gasteiger partial charge in [0.15, 0.2) is 0 Å². The first-order valence-electron chi connectivity index (χ1n) is 9.21. The molecule has 134 valence electrons. The van der Waals surface area contributed by atoms with Crippen molar-refractivity contribution in [2.45, 2.75) is 51.0 Å². The monoisotopic (exact) mass is 357 g/mol. The lowest BCUT2D eigenvalue weighted by molar-refractivity contribution is -0.121. The van der Waals surface area contributed by atoms with Crippen LogP contribution in [0.2, 0.25) is 0 Å². The zero-order valence-corrected chi connectivity index (χ0v) is 15.4. The highest BCUT2D eigenvalue weighted by Gasteiger charge is 2.24. The SMILES string of the molecule is NCC(NC(=O)Cc1csc(Cc2ccccc2)n1)C1CCCCC1. The van der Waals surface area contributed by atoms with Gasteiger partial charge in [0.2, 0.25) is 5.91 Å². The van der Waals surface area contributed by atoms with Gasteiger partial charge in [0.25, 0.3) is 0 Å². The Morgan fingerprint density at radius 3 is 2.72 bits per heavy atom. The fourth-order valence-electron chi connectivity index (χ4n) is 3.61. The summed E-state index contributed by atoms with van der Waals surface area (Å²) in [6.07, 6.45) is 7.35. The Bertz CT molecular complexity index is 665. The number of amides is 1. The van der Waals surface area contributed by atoms with Gasteiger partial charge in [-0.1, -0.05) is 49.6 Å². The van der Waals surface area contributed by atoms with E-state index in [0.29, 0.717) is 18.9 Å². The van der Waals surface area contributed by atoms with E-state index >= 15 is 0 Å². The molecule has 5 heteroatoms. The fraction of sp³-hybridized carbons (Fsp3) is 0.500. The summed E-state index contributed by atoms with van der Waals surface area (Å²) in [6, 6.07) is 10.4. The standard InChI is InChI=1S/C20H27N3OS/c21-13-18(16-9-5-2-6-10-16)23-19(24)12-17-14-25-20(22-17)11-15-7-3-1-4-8-15/h1,3-4,7-8,14,16,18H,2,5-6,9-13,21H2,(H,23,24). The van der Waals surface area contributed by atoms with Crippen LogP contribution in [0.5, 0.6) is 0 Å². The Hall–Kier alpha value is -1.72. The molecule has 4 nitrogen and oxygen atoms in total. The number of aromatic nitrogens is 1. The Labute approximate surface area is 153 Å². The maximum Gasteiger partial charge on any atom is 0.226 e. The predicted octanol–water partition coefficient (Wildman–Crippen LogP) is 3.30. The van der Waals surface area contributed by atoms with E-state index in [-0.39, 0.29) is 11.9 Å². The summed E-state index contributed by atoms with van der Waals surface area (Å²) >= 11 is 1.62. The van der Waals surface area contributed by atoms with Gasteiger partial charge in [0.05, 0.1) is 17.1 Å². The molecular weight excluding hydrogens is 330 g/mol. The van der Waals surface area contributed by atoms with Gasteiger partial charge in [-0.3, -0.25) is 4.79 Å². The number of benzene rings is 1. The molecule has 0 saturated heterocycles. The first kappa shape index (κ1) is 18.1. The highest BCUT2D eigenvalue weighted by atomic mass is 32.1. The maximum atomic E-state index is 12.4. The number of nitrogens with zero attached hydrogens (tertiary/aromatic N) is 1. The van der Waals surface area contributed by atoms with E-state index in [1.54, 1.807) is 11.3 Å². The molecule has 0 spiro atoms. The molecule has 0 aliphatic heterocycles. The van der Waals surface area contributed by atoms with E-state index in [1.165, 1.54) is 37.7 Å². The third-order valence-electron chi connectivity index (χ3n) is 4.96. The molecule has 1 unspecified atom stereocenters. The summed E-state index contributed by atoms with van der Waals surface area (Å²) in [7, 11) is 0. The Morgan fingerprint density at radius 2 is 2.00 bits per heavy atom. The fourth-order valence-corrected chi connectivity index (χ4v) is 4.44. The smallest absolute Gasteiger partial charge is 0.226 e. The van der Waals surface area contributed by atoms with Crippen molar-refractivity contribution in [3.05, 3.63) is 52.0 Å². The van der Waals surface area contributed by atoms with Crippen molar-refractivity contribution in [1.29, 1.82) is 0 Å².